The van der Waals surface area contributed by atoms with Crippen molar-refractivity contribution in [1.82, 2.24) is 4.90 Å². The molecule has 0 amide bonds. The van der Waals surface area contributed by atoms with Gasteiger partial charge in [0.1, 0.15) is 6.17 Å². The van der Waals surface area contributed by atoms with Crippen molar-refractivity contribution < 1.29 is 4.39 Å². The van der Waals surface area contributed by atoms with Gasteiger partial charge in [-0.25, -0.2) is 4.39 Å². The van der Waals surface area contributed by atoms with E-state index in [1.165, 1.54) is 0 Å². The topological polar surface area (TPSA) is 15.6 Å². The Kier molecular flexibility index (Phi) is 5.95. The van der Waals surface area contributed by atoms with Gasteiger partial charge in [-0.2, -0.15) is 0 Å². The van der Waals surface area contributed by atoms with E-state index in [4.69, 9.17) is 0 Å². The van der Waals surface area contributed by atoms with Gasteiger partial charge in [0.25, 0.3) is 0 Å². The Morgan fingerprint density at radius 2 is 1.88 bits per heavy atom. The predicted octanol–water partition coefficient (Wildman–Crippen LogP) is 3.71. The highest BCUT2D eigenvalue weighted by atomic mass is 19.1. The lowest BCUT2D eigenvalue weighted by atomic mass is 10.1. The van der Waals surface area contributed by atoms with Gasteiger partial charge in [-0.1, -0.05) is 26.0 Å². The molecule has 2 rings (SSSR count). The fourth-order valence-electron chi connectivity index (χ4n) is 1.94. The van der Waals surface area contributed by atoms with Crippen molar-refractivity contribution in [2.24, 2.45) is 4.99 Å². The first-order chi connectivity index (χ1) is 8.25. The molecule has 1 saturated heterocycles. The van der Waals surface area contributed by atoms with Crippen molar-refractivity contribution in [1.29, 1.82) is 0 Å². The minimum absolute atomic E-state index is 0.607. The Labute approximate surface area is 104 Å². The Balaban J connectivity index is 0.000000686. The highest BCUT2D eigenvalue weighted by Gasteiger charge is 2.19. The molecule has 0 spiro atoms. The van der Waals surface area contributed by atoms with Crippen molar-refractivity contribution in [2.75, 3.05) is 13.1 Å². The predicted molar refractivity (Wildman–Crippen MR) is 72.0 cm³/mol. The molecule has 0 aromatic rings. The first-order valence-corrected chi connectivity index (χ1v) is 6.56. The first-order valence-electron chi connectivity index (χ1n) is 6.56. The summed E-state index contributed by atoms with van der Waals surface area (Å²) in [5.74, 6) is 0. The molecule has 0 aliphatic carbocycles. The Hall–Kier alpha value is -1.12. The van der Waals surface area contributed by atoms with Crippen LogP contribution in [-0.2, 0) is 0 Å². The lowest BCUT2D eigenvalue weighted by Crippen LogP contribution is -2.34. The number of hydrogen-bond acceptors (Lipinski definition) is 2. The highest BCUT2D eigenvalue weighted by Crippen LogP contribution is 2.18. The van der Waals surface area contributed by atoms with Crippen LogP contribution in [0.25, 0.3) is 0 Å². The van der Waals surface area contributed by atoms with Crippen LogP contribution in [0.3, 0.4) is 0 Å². The van der Waals surface area contributed by atoms with Gasteiger partial charge in [-0.05, 0) is 26.2 Å². The van der Waals surface area contributed by atoms with E-state index in [0.29, 0.717) is 12.8 Å². The molecular formula is C14H23FN2. The minimum Gasteiger partial charge on any atom is -0.370 e. The fraction of sp³-hybridized carbons (Fsp3) is 0.643. The van der Waals surface area contributed by atoms with Crippen molar-refractivity contribution in [3.8, 4) is 0 Å². The average molecular weight is 238 g/mol. The normalized spacial score (nSPS) is 21.1. The molecule has 2 aliphatic rings. The van der Waals surface area contributed by atoms with E-state index in [-0.39, 0.29) is 0 Å². The lowest BCUT2D eigenvalue weighted by molar-refractivity contribution is 0.185. The van der Waals surface area contributed by atoms with Crippen molar-refractivity contribution in [3.05, 3.63) is 23.5 Å². The van der Waals surface area contributed by atoms with Gasteiger partial charge in [0.05, 0.1) is 11.9 Å². The quantitative estimate of drug-likeness (QED) is 0.680. The van der Waals surface area contributed by atoms with Gasteiger partial charge >= 0.3 is 0 Å². The summed E-state index contributed by atoms with van der Waals surface area (Å²) in [6.07, 6.45) is 7.79. The standard InChI is InChI=1S/C12H17FN2.C2H6/c1-10-3-2-4-12(9-14-10)15-7-5-11(13)6-8-15;1-2/h3-4,9,11H,2,5-8H2,1H3;1-2H3. The van der Waals surface area contributed by atoms with Gasteiger partial charge in [-0.3, -0.25) is 4.99 Å². The fourth-order valence-corrected chi connectivity index (χ4v) is 1.94. The molecule has 2 aliphatic heterocycles. The molecule has 0 radical (unpaired) electrons. The lowest BCUT2D eigenvalue weighted by Gasteiger charge is -2.30. The molecule has 3 heteroatoms. The molecule has 0 atom stereocenters. The summed E-state index contributed by atoms with van der Waals surface area (Å²) < 4.78 is 13.0. The summed E-state index contributed by atoms with van der Waals surface area (Å²) in [6.45, 7) is 7.64. The molecule has 0 N–H and O–H groups in total. The van der Waals surface area contributed by atoms with Gasteiger partial charge in [0.15, 0.2) is 0 Å². The second kappa shape index (κ2) is 7.25. The van der Waals surface area contributed by atoms with Crippen LogP contribution in [0.2, 0.25) is 0 Å². The average Bonchev–Trinajstić information content (AvgIpc) is 2.58. The van der Waals surface area contributed by atoms with Crippen LogP contribution in [0.5, 0.6) is 0 Å². The van der Waals surface area contributed by atoms with E-state index in [1.54, 1.807) is 0 Å². The zero-order valence-electron chi connectivity index (χ0n) is 11.1. The van der Waals surface area contributed by atoms with Crippen LogP contribution in [0.1, 0.15) is 40.0 Å². The summed E-state index contributed by atoms with van der Waals surface area (Å²) in [6, 6.07) is 0. The molecule has 2 nitrogen and oxygen atoms in total. The van der Waals surface area contributed by atoms with Crippen molar-refractivity contribution >= 4 is 6.21 Å². The van der Waals surface area contributed by atoms with E-state index in [9.17, 15) is 4.39 Å². The third-order valence-corrected chi connectivity index (χ3v) is 2.93. The summed E-state index contributed by atoms with van der Waals surface area (Å²) in [5, 5.41) is 0. The molecule has 0 bridgehead atoms. The van der Waals surface area contributed by atoms with Crippen LogP contribution in [-0.4, -0.2) is 30.4 Å². The number of alkyl halides is 1. The van der Waals surface area contributed by atoms with Crippen LogP contribution < -0.4 is 0 Å². The third kappa shape index (κ3) is 4.33. The summed E-state index contributed by atoms with van der Waals surface area (Å²) >= 11 is 0. The van der Waals surface area contributed by atoms with Gasteiger partial charge in [0, 0.05) is 18.8 Å². The Bertz CT molecular complexity index is 310. The number of aliphatic imine (C=N–C) groups is 1. The highest BCUT2D eigenvalue weighted by molar-refractivity contribution is 5.79. The number of hydrogen-bond donors (Lipinski definition) is 0. The molecular weight excluding hydrogens is 215 g/mol. The second-order valence-corrected chi connectivity index (χ2v) is 4.13. The largest absolute Gasteiger partial charge is 0.370 e. The SMILES string of the molecule is CC.CC1=CCC=C(N2CCC(F)CC2)C=N1. The Morgan fingerprint density at radius 3 is 2.53 bits per heavy atom. The first kappa shape index (κ1) is 13.9. The summed E-state index contributed by atoms with van der Waals surface area (Å²) in [4.78, 5) is 6.56. The minimum atomic E-state index is -0.607. The van der Waals surface area contributed by atoms with E-state index >= 15 is 0 Å². The van der Waals surface area contributed by atoms with Gasteiger partial charge < -0.3 is 4.90 Å². The van der Waals surface area contributed by atoms with Gasteiger partial charge in [-0.15, -0.1) is 0 Å². The molecule has 0 aromatic carbocycles. The molecule has 2 heterocycles. The monoisotopic (exact) mass is 238 g/mol. The number of likely N-dealkylation sites (tertiary alicyclic amines) is 1. The molecule has 0 saturated carbocycles. The number of piperidine rings is 1. The van der Waals surface area contributed by atoms with Crippen LogP contribution in [0.15, 0.2) is 28.5 Å². The zero-order chi connectivity index (χ0) is 12.7. The molecule has 0 unspecified atom stereocenters. The zero-order valence-corrected chi connectivity index (χ0v) is 11.1. The maximum atomic E-state index is 13.0. The van der Waals surface area contributed by atoms with E-state index < -0.39 is 6.17 Å². The maximum absolute atomic E-state index is 13.0. The number of nitrogens with zero attached hydrogens (tertiary/aromatic N) is 2. The van der Waals surface area contributed by atoms with Crippen LogP contribution in [0, 0.1) is 0 Å². The van der Waals surface area contributed by atoms with Crippen LogP contribution >= 0.6 is 0 Å². The van der Waals surface area contributed by atoms with E-state index in [2.05, 4.69) is 22.0 Å². The molecule has 96 valence electrons. The summed E-state index contributed by atoms with van der Waals surface area (Å²) in [5.41, 5.74) is 2.21. The van der Waals surface area contributed by atoms with Crippen LogP contribution in [0.4, 0.5) is 4.39 Å². The number of halogens is 1. The number of allylic oxidation sites excluding steroid dienone is 4. The second-order valence-electron chi connectivity index (χ2n) is 4.13. The summed E-state index contributed by atoms with van der Waals surface area (Å²) in [7, 11) is 0. The van der Waals surface area contributed by atoms with Crippen molar-refractivity contribution in [2.45, 2.75) is 46.2 Å². The Morgan fingerprint density at radius 1 is 1.24 bits per heavy atom. The molecule has 0 aromatic heterocycles. The molecule has 1 fully saturated rings. The maximum Gasteiger partial charge on any atom is 0.103 e. The van der Waals surface area contributed by atoms with E-state index in [0.717, 1.165) is 30.9 Å². The van der Waals surface area contributed by atoms with Gasteiger partial charge in [0.2, 0.25) is 0 Å². The van der Waals surface area contributed by atoms with E-state index in [1.807, 2.05) is 27.0 Å². The smallest absolute Gasteiger partial charge is 0.103 e. The molecule has 17 heavy (non-hydrogen) atoms. The number of rotatable bonds is 1. The third-order valence-electron chi connectivity index (χ3n) is 2.93. The van der Waals surface area contributed by atoms with Crippen molar-refractivity contribution in [3.63, 3.8) is 0 Å².